The van der Waals surface area contributed by atoms with Crippen molar-refractivity contribution in [2.24, 2.45) is 0 Å². The summed E-state index contributed by atoms with van der Waals surface area (Å²) in [6.45, 7) is 14.6. The van der Waals surface area contributed by atoms with Crippen LogP contribution in [0.3, 0.4) is 0 Å². The monoisotopic (exact) mass is 210 g/mol. The number of hydrogen-bond acceptors (Lipinski definition) is 1. The molecule has 0 saturated carbocycles. The average Bonchev–Trinajstić information content (AvgIpc) is 2.30. The summed E-state index contributed by atoms with van der Waals surface area (Å²) in [6, 6.07) is 0. The molecule has 88 valence electrons. The molecule has 0 aromatic heterocycles. The minimum Gasteiger partial charge on any atom is -0.494 e. The second-order valence-electron chi connectivity index (χ2n) is 2.99. The zero-order chi connectivity index (χ0) is 12.1. The van der Waals surface area contributed by atoms with Crippen molar-refractivity contribution >= 4 is 0 Å². The van der Waals surface area contributed by atoms with Crippen molar-refractivity contribution in [1.82, 2.24) is 0 Å². The fraction of sp³-hybridized carbons (Fsp3) is 0.571. The Morgan fingerprint density at radius 2 is 1.93 bits per heavy atom. The van der Waals surface area contributed by atoms with E-state index in [0.717, 1.165) is 24.4 Å². The van der Waals surface area contributed by atoms with Gasteiger partial charge in [-0.15, -0.1) is 0 Å². The van der Waals surface area contributed by atoms with Gasteiger partial charge in [-0.3, -0.25) is 0 Å². The van der Waals surface area contributed by atoms with Gasteiger partial charge in [0.25, 0.3) is 0 Å². The molecule has 0 radical (unpaired) electrons. The van der Waals surface area contributed by atoms with Crippen molar-refractivity contribution in [3.63, 3.8) is 0 Å². The summed E-state index contributed by atoms with van der Waals surface area (Å²) in [6.07, 6.45) is 8.08. The summed E-state index contributed by atoms with van der Waals surface area (Å²) in [4.78, 5) is 0. The topological polar surface area (TPSA) is 9.23 Å². The van der Waals surface area contributed by atoms with E-state index in [1.165, 1.54) is 6.42 Å². The van der Waals surface area contributed by atoms with E-state index in [4.69, 9.17) is 4.74 Å². The van der Waals surface area contributed by atoms with Crippen LogP contribution in [0.5, 0.6) is 0 Å². The first-order valence-corrected chi connectivity index (χ1v) is 5.84. The van der Waals surface area contributed by atoms with Gasteiger partial charge in [0, 0.05) is 0 Å². The highest BCUT2D eigenvalue weighted by Crippen LogP contribution is 2.06. The molecule has 0 N–H and O–H groups in total. The average molecular weight is 210 g/mol. The second kappa shape index (κ2) is 13.0. The zero-order valence-corrected chi connectivity index (χ0v) is 11.0. The Hall–Kier alpha value is -0.980. The van der Waals surface area contributed by atoms with Crippen molar-refractivity contribution in [3.05, 3.63) is 36.1 Å². The molecule has 0 atom stereocenters. The lowest BCUT2D eigenvalue weighted by Crippen LogP contribution is -1.92. The third kappa shape index (κ3) is 10.9. The molecule has 0 aliphatic carbocycles. The van der Waals surface area contributed by atoms with E-state index >= 15 is 0 Å². The van der Waals surface area contributed by atoms with E-state index in [2.05, 4.69) is 13.5 Å². The SMILES string of the molecule is C=C/C(C)=C\C(=C/C)OCCCC.CC. The highest BCUT2D eigenvalue weighted by molar-refractivity contribution is 5.23. The lowest BCUT2D eigenvalue weighted by Gasteiger charge is -2.05. The third-order valence-electron chi connectivity index (χ3n) is 1.74. The molecule has 0 saturated heterocycles. The molecule has 0 aliphatic heterocycles. The standard InChI is InChI=1S/C12H20O.C2H6/c1-5-8-9-13-12(7-3)10-11(4)6-2;1-2/h6-7,10H,2,5,8-9H2,1,3-4H3;1-2H3/b11-10-,12-7+;. The molecule has 0 aromatic rings. The van der Waals surface area contributed by atoms with Crippen LogP contribution in [-0.4, -0.2) is 6.61 Å². The van der Waals surface area contributed by atoms with Crippen molar-refractivity contribution in [3.8, 4) is 0 Å². The van der Waals surface area contributed by atoms with Crippen molar-refractivity contribution < 1.29 is 4.74 Å². The molecule has 0 rings (SSSR count). The zero-order valence-electron chi connectivity index (χ0n) is 11.0. The molecular weight excluding hydrogens is 184 g/mol. The van der Waals surface area contributed by atoms with Crippen LogP contribution in [0.25, 0.3) is 0 Å². The van der Waals surface area contributed by atoms with Crippen LogP contribution in [0, 0.1) is 0 Å². The first-order chi connectivity index (χ1) is 7.24. The number of rotatable bonds is 6. The number of unbranched alkanes of at least 4 members (excludes halogenated alkanes) is 1. The summed E-state index contributed by atoms with van der Waals surface area (Å²) >= 11 is 0. The van der Waals surface area contributed by atoms with Crippen LogP contribution in [0.4, 0.5) is 0 Å². The molecule has 0 bridgehead atoms. The van der Waals surface area contributed by atoms with E-state index in [-0.39, 0.29) is 0 Å². The van der Waals surface area contributed by atoms with Crippen LogP contribution in [-0.2, 0) is 4.74 Å². The molecule has 0 aliphatic rings. The molecule has 15 heavy (non-hydrogen) atoms. The van der Waals surface area contributed by atoms with Crippen molar-refractivity contribution in [2.45, 2.75) is 47.5 Å². The van der Waals surface area contributed by atoms with Crippen LogP contribution in [0.15, 0.2) is 36.1 Å². The second-order valence-corrected chi connectivity index (χ2v) is 2.99. The lowest BCUT2D eigenvalue weighted by atomic mass is 10.2. The fourth-order valence-corrected chi connectivity index (χ4v) is 0.826. The van der Waals surface area contributed by atoms with E-state index in [9.17, 15) is 0 Å². The first-order valence-electron chi connectivity index (χ1n) is 5.84. The minimum atomic E-state index is 0.803. The van der Waals surface area contributed by atoms with E-state index in [0.29, 0.717) is 0 Å². The van der Waals surface area contributed by atoms with Gasteiger partial charge in [0.2, 0.25) is 0 Å². The Bertz CT molecular complexity index is 199. The Labute approximate surface area is 95.5 Å². The molecule has 1 heteroatoms. The van der Waals surface area contributed by atoms with Crippen molar-refractivity contribution in [2.75, 3.05) is 6.61 Å². The van der Waals surface area contributed by atoms with E-state index in [1.807, 2.05) is 45.9 Å². The summed E-state index contributed by atoms with van der Waals surface area (Å²) in [5, 5.41) is 0. The third-order valence-corrected chi connectivity index (χ3v) is 1.74. The van der Waals surface area contributed by atoms with Crippen LogP contribution in [0.1, 0.15) is 47.5 Å². The molecule has 1 nitrogen and oxygen atoms in total. The summed E-state index contributed by atoms with van der Waals surface area (Å²) in [5.74, 6) is 0.936. The molecule has 0 spiro atoms. The predicted octanol–water partition coefficient (Wildman–Crippen LogP) is 4.87. The maximum absolute atomic E-state index is 5.54. The Balaban J connectivity index is 0. The van der Waals surface area contributed by atoms with Gasteiger partial charge in [0.05, 0.1) is 6.61 Å². The molecule has 0 amide bonds. The minimum absolute atomic E-state index is 0.803. The Kier molecular flexibility index (Phi) is 14.3. The van der Waals surface area contributed by atoms with E-state index in [1.54, 1.807) is 0 Å². The molecule has 0 heterocycles. The number of allylic oxidation sites excluding steroid dienone is 4. The highest BCUT2D eigenvalue weighted by atomic mass is 16.5. The van der Waals surface area contributed by atoms with Crippen LogP contribution >= 0.6 is 0 Å². The van der Waals surface area contributed by atoms with Gasteiger partial charge in [-0.25, -0.2) is 0 Å². The Morgan fingerprint density at radius 3 is 2.33 bits per heavy atom. The lowest BCUT2D eigenvalue weighted by molar-refractivity contribution is 0.218. The normalized spacial score (nSPS) is 11.5. The van der Waals surface area contributed by atoms with Gasteiger partial charge < -0.3 is 4.74 Å². The molecule has 0 unspecified atom stereocenters. The number of hydrogen-bond donors (Lipinski definition) is 0. The number of ether oxygens (including phenoxy) is 1. The summed E-state index contributed by atoms with van der Waals surface area (Å²) < 4.78 is 5.54. The van der Waals surface area contributed by atoms with E-state index < -0.39 is 0 Å². The van der Waals surface area contributed by atoms with Gasteiger partial charge in [0.15, 0.2) is 0 Å². The Morgan fingerprint density at radius 1 is 1.33 bits per heavy atom. The van der Waals surface area contributed by atoms with Gasteiger partial charge in [-0.2, -0.15) is 0 Å². The predicted molar refractivity (Wildman–Crippen MR) is 69.9 cm³/mol. The van der Waals surface area contributed by atoms with Gasteiger partial charge in [-0.1, -0.05) is 39.8 Å². The maximum Gasteiger partial charge on any atom is 0.115 e. The van der Waals surface area contributed by atoms with Crippen molar-refractivity contribution in [1.29, 1.82) is 0 Å². The highest BCUT2D eigenvalue weighted by Gasteiger charge is 1.92. The molecular formula is C14H26O. The van der Waals surface area contributed by atoms with Gasteiger partial charge in [0.1, 0.15) is 5.76 Å². The van der Waals surface area contributed by atoms with Gasteiger partial charge in [-0.05, 0) is 38.0 Å². The maximum atomic E-state index is 5.54. The summed E-state index contributed by atoms with van der Waals surface area (Å²) in [5.41, 5.74) is 1.13. The van der Waals surface area contributed by atoms with Gasteiger partial charge >= 0.3 is 0 Å². The first kappa shape index (κ1) is 16.4. The molecule has 0 aromatic carbocycles. The quantitative estimate of drug-likeness (QED) is 0.345. The molecule has 0 fully saturated rings. The van der Waals surface area contributed by atoms with Crippen LogP contribution in [0.2, 0.25) is 0 Å². The largest absolute Gasteiger partial charge is 0.494 e. The smallest absolute Gasteiger partial charge is 0.115 e. The fourth-order valence-electron chi connectivity index (χ4n) is 0.826. The van der Waals surface area contributed by atoms with Crippen LogP contribution < -0.4 is 0 Å². The summed E-state index contributed by atoms with van der Waals surface area (Å²) in [7, 11) is 0.